The molecule has 1 aromatic carbocycles. The van der Waals surface area contributed by atoms with E-state index in [9.17, 15) is 9.59 Å². The van der Waals surface area contributed by atoms with E-state index in [4.69, 9.17) is 0 Å². The van der Waals surface area contributed by atoms with Gasteiger partial charge in [0.25, 0.3) is 0 Å². The lowest BCUT2D eigenvalue weighted by atomic mass is 9.68. The van der Waals surface area contributed by atoms with Crippen molar-refractivity contribution in [1.29, 1.82) is 0 Å². The van der Waals surface area contributed by atoms with Crippen LogP contribution in [0.25, 0.3) is 10.9 Å². The summed E-state index contributed by atoms with van der Waals surface area (Å²) < 4.78 is 0. The number of aromatic nitrogens is 2. The zero-order chi connectivity index (χ0) is 22.8. The van der Waals surface area contributed by atoms with Crippen LogP contribution in [-0.4, -0.2) is 70.1 Å². The van der Waals surface area contributed by atoms with Crippen molar-refractivity contribution in [3.05, 3.63) is 35.9 Å². The number of nitrogens with zero attached hydrogens (tertiary/aromatic N) is 4. The summed E-state index contributed by atoms with van der Waals surface area (Å²) in [6.07, 6.45) is 10.2. The molecule has 0 spiro atoms. The number of H-pyrrole nitrogens is 1. The Hall–Kier alpha value is -2.67. The molecule has 2 bridgehead atoms. The summed E-state index contributed by atoms with van der Waals surface area (Å²) in [7, 11) is 0. The molecule has 4 saturated heterocycles. The van der Waals surface area contributed by atoms with Gasteiger partial charge in [-0.25, -0.2) is 0 Å². The van der Waals surface area contributed by atoms with E-state index < -0.39 is 0 Å². The number of nitrogens with one attached hydrogen (secondary N) is 1. The molecule has 7 nitrogen and oxygen atoms in total. The van der Waals surface area contributed by atoms with Crippen molar-refractivity contribution in [3.8, 4) is 0 Å². The predicted octanol–water partition coefficient (Wildman–Crippen LogP) is 3.34. The average Bonchev–Trinajstić information content (AvgIpc) is 3.46. The molecule has 5 heterocycles. The van der Waals surface area contributed by atoms with Gasteiger partial charge in [-0.2, -0.15) is 5.10 Å². The zero-order valence-electron chi connectivity index (χ0n) is 19.7. The number of carbonyl (C=O) groups is 2. The molecule has 4 fully saturated rings. The second-order valence-corrected chi connectivity index (χ2v) is 11.0. The van der Waals surface area contributed by atoms with E-state index in [1.165, 1.54) is 37.8 Å². The van der Waals surface area contributed by atoms with E-state index in [1.54, 1.807) is 4.90 Å². The van der Waals surface area contributed by atoms with Gasteiger partial charge >= 0.3 is 0 Å². The number of benzene rings is 1. The molecule has 5 atom stereocenters. The Morgan fingerprint density at radius 3 is 2.94 bits per heavy atom. The number of piperidine rings is 3. The van der Waals surface area contributed by atoms with Crippen LogP contribution >= 0.6 is 0 Å². The van der Waals surface area contributed by atoms with Gasteiger partial charge in [0.2, 0.25) is 11.8 Å². The van der Waals surface area contributed by atoms with Gasteiger partial charge in [0, 0.05) is 37.5 Å². The van der Waals surface area contributed by atoms with Gasteiger partial charge in [-0.1, -0.05) is 30.2 Å². The fraction of sp³-hybridized carbons (Fsp3) is 0.593. The maximum absolute atomic E-state index is 13.9. The molecule has 2 amide bonds. The smallest absolute Gasteiger partial charge is 0.229 e. The van der Waals surface area contributed by atoms with Crippen LogP contribution in [0.15, 0.2) is 35.9 Å². The van der Waals surface area contributed by atoms with Crippen LogP contribution in [0.5, 0.6) is 0 Å². The van der Waals surface area contributed by atoms with Crippen molar-refractivity contribution < 1.29 is 9.59 Å². The molecule has 2 aromatic rings. The van der Waals surface area contributed by atoms with Crippen molar-refractivity contribution in [2.45, 2.75) is 57.0 Å². The molecule has 1 N–H and O–H groups in total. The lowest BCUT2D eigenvalue weighted by Crippen LogP contribution is -2.60. The van der Waals surface area contributed by atoms with E-state index in [1.807, 2.05) is 24.3 Å². The highest BCUT2D eigenvalue weighted by Crippen LogP contribution is 2.45. The normalized spacial score (nSPS) is 33.6. The maximum Gasteiger partial charge on any atom is 0.229 e. The first-order valence-corrected chi connectivity index (χ1v) is 13.2. The second kappa shape index (κ2) is 7.94. The molecule has 0 saturated carbocycles. The van der Waals surface area contributed by atoms with Crippen molar-refractivity contribution in [1.82, 2.24) is 20.0 Å². The highest BCUT2D eigenvalue weighted by atomic mass is 16.2. The van der Waals surface area contributed by atoms with Gasteiger partial charge in [0.05, 0.1) is 17.5 Å². The van der Waals surface area contributed by atoms with Gasteiger partial charge in [-0.15, -0.1) is 0 Å². The molecule has 7 rings (SSSR count). The summed E-state index contributed by atoms with van der Waals surface area (Å²) in [6.45, 7) is 3.59. The molecule has 7 heteroatoms. The maximum atomic E-state index is 13.9. The van der Waals surface area contributed by atoms with Crippen LogP contribution < -0.4 is 4.90 Å². The molecule has 0 radical (unpaired) electrons. The highest BCUT2D eigenvalue weighted by Gasteiger charge is 2.48. The van der Waals surface area contributed by atoms with E-state index in [0.29, 0.717) is 30.2 Å². The SMILES string of the molecule is O=C1C[C@H](C(=O)N2CCCC3=C[C@H]4C[C@H](CN5CCCC[C@@H]45)[C@@H]32)CN1c1n[nH]c2ccccc12. The third-order valence-corrected chi connectivity index (χ3v) is 9.12. The fourth-order valence-electron chi connectivity index (χ4n) is 7.69. The summed E-state index contributed by atoms with van der Waals surface area (Å²) in [5.41, 5.74) is 2.42. The van der Waals surface area contributed by atoms with E-state index in [-0.39, 0.29) is 30.2 Å². The fourth-order valence-corrected chi connectivity index (χ4v) is 7.69. The van der Waals surface area contributed by atoms with Crippen molar-refractivity contribution in [3.63, 3.8) is 0 Å². The summed E-state index contributed by atoms with van der Waals surface area (Å²) in [4.78, 5) is 33.5. The predicted molar refractivity (Wildman–Crippen MR) is 130 cm³/mol. The molecule has 4 aliphatic heterocycles. The van der Waals surface area contributed by atoms with Gasteiger partial charge in [0.15, 0.2) is 5.82 Å². The van der Waals surface area contributed by atoms with Crippen LogP contribution in [0.2, 0.25) is 0 Å². The van der Waals surface area contributed by atoms with Crippen molar-refractivity contribution >= 4 is 28.5 Å². The number of amides is 2. The highest BCUT2D eigenvalue weighted by molar-refractivity contribution is 6.05. The summed E-state index contributed by atoms with van der Waals surface area (Å²) in [6, 6.07) is 8.80. The number of likely N-dealkylation sites (tertiary alicyclic amines) is 1. The quantitative estimate of drug-likeness (QED) is 0.700. The first-order valence-electron chi connectivity index (χ1n) is 13.2. The Morgan fingerprint density at radius 1 is 1.09 bits per heavy atom. The number of rotatable bonds is 2. The standard InChI is InChI=1S/C27H33N5O2/c33-24-14-20(16-32(24)26-21-7-1-2-8-22(21)28-29-26)27(34)31-11-5-6-17-12-18-13-19(25(17)31)15-30-10-4-3-9-23(18)30/h1-2,7-8,12,18-20,23,25H,3-6,9-11,13-16H2,(H,28,29)/t18-,19+,20-,23-,25+/m0/s1. The molecular weight excluding hydrogens is 426 g/mol. The number of anilines is 1. The number of hydrogen-bond acceptors (Lipinski definition) is 4. The molecule has 178 valence electrons. The Kier molecular flexibility index (Phi) is 4.83. The number of fused-ring (bicyclic) bond motifs is 7. The van der Waals surface area contributed by atoms with E-state index in [2.05, 4.69) is 26.1 Å². The minimum Gasteiger partial charge on any atom is -0.335 e. The molecule has 1 aliphatic carbocycles. The van der Waals surface area contributed by atoms with E-state index >= 15 is 0 Å². The zero-order valence-corrected chi connectivity index (χ0v) is 19.7. The molecule has 34 heavy (non-hydrogen) atoms. The minimum absolute atomic E-state index is 0.000844. The first kappa shape index (κ1) is 20.7. The summed E-state index contributed by atoms with van der Waals surface area (Å²) in [5.74, 6) is 1.74. The first-order chi connectivity index (χ1) is 16.7. The van der Waals surface area contributed by atoms with Crippen molar-refractivity contribution in [2.24, 2.45) is 17.8 Å². The van der Waals surface area contributed by atoms with Crippen LogP contribution in [-0.2, 0) is 9.59 Å². The average molecular weight is 460 g/mol. The molecular formula is C27H33N5O2. The Labute approximate surface area is 200 Å². The third-order valence-electron chi connectivity index (χ3n) is 9.12. The van der Waals surface area contributed by atoms with Crippen molar-refractivity contribution in [2.75, 3.05) is 31.1 Å². The number of hydrogen-bond donors (Lipinski definition) is 1. The second-order valence-electron chi connectivity index (χ2n) is 11.0. The van der Waals surface area contributed by atoms with Crippen LogP contribution in [0.4, 0.5) is 5.82 Å². The Morgan fingerprint density at radius 2 is 2.00 bits per heavy atom. The summed E-state index contributed by atoms with van der Waals surface area (Å²) in [5, 5.41) is 8.38. The molecule has 1 aromatic heterocycles. The molecule has 5 aliphatic rings. The van der Waals surface area contributed by atoms with Gasteiger partial charge in [-0.3, -0.25) is 24.5 Å². The number of para-hydroxylation sites is 1. The molecule has 0 unspecified atom stereocenters. The number of carbonyl (C=O) groups excluding carboxylic acids is 2. The third kappa shape index (κ3) is 3.16. The largest absolute Gasteiger partial charge is 0.335 e. The topological polar surface area (TPSA) is 72.5 Å². The monoisotopic (exact) mass is 459 g/mol. The minimum atomic E-state index is -0.286. The lowest BCUT2D eigenvalue weighted by molar-refractivity contribution is -0.140. The van der Waals surface area contributed by atoms with Gasteiger partial charge in [-0.05, 0) is 62.6 Å². The Balaban J connectivity index is 1.14. The number of aromatic amines is 1. The lowest BCUT2D eigenvalue weighted by Gasteiger charge is -2.55. The van der Waals surface area contributed by atoms with Crippen LogP contribution in [0.3, 0.4) is 0 Å². The van der Waals surface area contributed by atoms with Gasteiger partial charge < -0.3 is 4.90 Å². The summed E-state index contributed by atoms with van der Waals surface area (Å²) >= 11 is 0. The van der Waals surface area contributed by atoms with E-state index in [0.717, 1.165) is 36.8 Å². The van der Waals surface area contributed by atoms with Crippen LogP contribution in [0.1, 0.15) is 44.9 Å². The van der Waals surface area contributed by atoms with Gasteiger partial charge in [0.1, 0.15) is 0 Å². The Bertz CT molecular complexity index is 1170. The van der Waals surface area contributed by atoms with Crippen LogP contribution in [0, 0.1) is 17.8 Å².